The lowest BCUT2D eigenvalue weighted by Gasteiger charge is -2.23. The molecule has 0 fully saturated rings. The molecule has 1 aromatic carbocycles. The molecule has 0 saturated carbocycles. The zero-order chi connectivity index (χ0) is 13.8. The van der Waals surface area contributed by atoms with E-state index in [1.807, 2.05) is 0 Å². The Labute approximate surface area is 111 Å². The molecule has 0 N–H and O–H groups in total. The number of fused-ring (bicyclic) bond motifs is 1. The zero-order valence-corrected chi connectivity index (χ0v) is 11.0. The van der Waals surface area contributed by atoms with Gasteiger partial charge >= 0.3 is 5.97 Å². The van der Waals surface area contributed by atoms with Crippen molar-refractivity contribution in [3.05, 3.63) is 23.8 Å². The van der Waals surface area contributed by atoms with Gasteiger partial charge in [-0.1, -0.05) is 0 Å². The van der Waals surface area contributed by atoms with Gasteiger partial charge < -0.3 is 14.2 Å². The quantitative estimate of drug-likeness (QED) is 0.776. The number of hydrogen-bond donors (Lipinski definition) is 0. The fraction of sp³-hybridized carbons (Fsp3) is 0.429. The average molecular weight is 264 g/mol. The Morgan fingerprint density at radius 1 is 1.47 bits per heavy atom. The standard InChI is InChI=1S/C14H16O5/c1-3-18-13(15)6-9-8-19-12-7-10(17-2)4-5-11(12)14(9)16/h4-5,7,9H,3,6,8H2,1-2H3/t9-/m0/s1. The lowest BCUT2D eigenvalue weighted by atomic mass is 9.92. The molecule has 1 atom stereocenters. The van der Waals surface area contributed by atoms with E-state index in [0.717, 1.165) is 0 Å². The van der Waals surface area contributed by atoms with E-state index in [2.05, 4.69) is 0 Å². The molecule has 19 heavy (non-hydrogen) atoms. The molecule has 0 radical (unpaired) electrons. The highest BCUT2D eigenvalue weighted by atomic mass is 16.5. The van der Waals surface area contributed by atoms with E-state index in [1.165, 1.54) is 0 Å². The number of carbonyl (C=O) groups excluding carboxylic acids is 2. The first-order valence-electron chi connectivity index (χ1n) is 6.16. The third-order valence-corrected chi connectivity index (χ3v) is 2.98. The first-order chi connectivity index (χ1) is 9.15. The summed E-state index contributed by atoms with van der Waals surface area (Å²) in [6.45, 7) is 2.24. The minimum absolute atomic E-state index is 0.0537. The van der Waals surface area contributed by atoms with Gasteiger partial charge in [0, 0.05) is 6.07 Å². The van der Waals surface area contributed by atoms with Crippen LogP contribution in [0.5, 0.6) is 11.5 Å². The molecule has 0 saturated heterocycles. The molecule has 1 aromatic rings. The van der Waals surface area contributed by atoms with Crippen molar-refractivity contribution in [2.24, 2.45) is 5.92 Å². The monoisotopic (exact) mass is 264 g/mol. The van der Waals surface area contributed by atoms with E-state index in [-0.39, 0.29) is 24.8 Å². The van der Waals surface area contributed by atoms with Crippen LogP contribution in [-0.4, -0.2) is 32.1 Å². The molecule has 1 aliphatic rings. The number of esters is 1. The van der Waals surface area contributed by atoms with Crippen LogP contribution in [0, 0.1) is 5.92 Å². The van der Waals surface area contributed by atoms with E-state index >= 15 is 0 Å². The molecule has 5 nitrogen and oxygen atoms in total. The molecule has 1 heterocycles. The molecule has 1 aliphatic heterocycles. The Kier molecular flexibility index (Phi) is 4.04. The molecular weight excluding hydrogens is 248 g/mol. The number of methoxy groups -OCH3 is 1. The molecule has 0 amide bonds. The Hall–Kier alpha value is -2.04. The van der Waals surface area contributed by atoms with Gasteiger partial charge in [0.1, 0.15) is 11.5 Å². The summed E-state index contributed by atoms with van der Waals surface area (Å²) in [5.41, 5.74) is 0.487. The number of ether oxygens (including phenoxy) is 3. The van der Waals surface area contributed by atoms with Crippen molar-refractivity contribution in [2.75, 3.05) is 20.3 Å². The molecule has 102 valence electrons. The average Bonchev–Trinajstić information content (AvgIpc) is 2.42. The van der Waals surface area contributed by atoms with Gasteiger partial charge in [0.2, 0.25) is 0 Å². The van der Waals surface area contributed by atoms with E-state index in [0.29, 0.717) is 23.7 Å². The maximum absolute atomic E-state index is 12.2. The predicted molar refractivity (Wildman–Crippen MR) is 67.6 cm³/mol. The second-order valence-corrected chi connectivity index (χ2v) is 4.24. The largest absolute Gasteiger partial charge is 0.497 e. The summed E-state index contributed by atoms with van der Waals surface area (Å²) in [6, 6.07) is 5.04. The normalized spacial score (nSPS) is 17.4. The van der Waals surface area contributed by atoms with Crippen LogP contribution in [0.1, 0.15) is 23.7 Å². The van der Waals surface area contributed by atoms with E-state index < -0.39 is 5.92 Å². The SMILES string of the molecule is CCOC(=O)C[C@H]1COc2cc(OC)ccc2C1=O. The van der Waals surface area contributed by atoms with Gasteiger partial charge in [-0.15, -0.1) is 0 Å². The second-order valence-electron chi connectivity index (χ2n) is 4.24. The van der Waals surface area contributed by atoms with Gasteiger partial charge in [0.25, 0.3) is 0 Å². The fourth-order valence-electron chi connectivity index (χ4n) is 2.01. The van der Waals surface area contributed by atoms with Crippen molar-refractivity contribution in [1.29, 1.82) is 0 Å². The molecule has 0 aliphatic carbocycles. The predicted octanol–water partition coefficient (Wildman–Crippen LogP) is 1.84. The summed E-state index contributed by atoms with van der Waals surface area (Å²) < 4.78 is 15.4. The van der Waals surface area contributed by atoms with Gasteiger partial charge in [-0.05, 0) is 19.1 Å². The molecule has 0 bridgehead atoms. The number of rotatable bonds is 4. The summed E-state index contributed by atoms with van der Waals surface area (Å²) in [5.74, 6) is 0.207. The maximum Gasteiger partial charge on any atom is 0.306 e. The number of hydrogen-bond acceptors (Lipinski definition) is 5. The molecule has 0 aromatic heterocycles. The lowest BCUT2D eigenvalue weighted by molar-refractivity contribution is -0.144. The number of ketones is 1. The van der Waals surface area contributed by atoms with Crippen molar-refractivity contribution in [3.63, 3.8) is 0 Å². The van der Waals surface area contributed by atoms with Crippen LogP contribution in [-0.2, 0) is 9.53 Å². The van der Waals surface area contributed by atoms with Gasteiger partial charge in [0.05, 0.1) is 38.2 Å². The fourth-order valence-corrected chi connectivity index (χ4v) is 2.01. The summed E-state index contributed by atoms with van der Waals surface area (Å²) in [7, 11) is 1.55. The van der Waals surface area contributed by atoms with Crippen LogP contribution in [0.2, 0.25) is 0 Å². The van der Waals surface area contributed by atoms with E-state index in [9.17, 15) is 9.59 Å². The summed E-state index contributed by atoms with van der Waals surface area (Å²) in [4.78, 5) is 23.6. The highest BCUT2D eigenvalue weighted by molar-refractivity contribution is 6.02. The summed E-state index contributed by atoms with van der Waals surface area (Å²) >= 11 is 0. The Balaban J connectivity index is 2.13. The smallest absolute Gasteiger partial charge is 0.306 e. The van der Waals surface area contributed by atoms with Gasteiger partial charge in [-0.3, -0.25) is 9.59 Å². The van der Waals surface area contributed by atoms with Crippen LogP contribution in [0.4, 0.5) is 0 Å². The third kappa shape index (κ3) is 2.86. The van der Waals surface area contributed by atoms with E-state index in [1.54, 1.807) is 32.2 Å². The van der Waals surface area contributed by atoms with Crippen molar-refractivity contribution < 1.29 is 23.8 Å². The number of benzene rings is 1. The zero-order valence-electron chi connectivity index (χ0n) is 11.0. The van der Waals surface area contributed by atoms with Crippen LogP contribution in [0.3, 0.4) is 0 Å². The first kappa shape index (κ1) is 13.4. The van der Waals surface area contributed by atoms with Crippen molar-refractivity contribution in [1.82, 2.24) is 0 Å². The molecule has 5 heteroatoms. The van der Waals surface area contributed by atoms with Gasteiger partial charge in [-0.2, -0.15) is 0 Å². The number of Topliss-reactive ketones (excluding diaryl/α,β-unsaturated/α-hetero) is 1. The first-order valence-corrected chi connectivity index (χ1v) is 6.16. The van der Waals surface area contributed by atoms with Crippen molar-refractivity contribution in [3.8, 4) is 11.5 Å². The minimum Gasteiger partial charge on any atom is -0.497 e. The highest BCUT2D eigenvalue weighted by Crippen LogP contribution is 2.32. The van der Waals surface area contributed by atoms with Gasteiger partial charge in [0.15, 0.2) is 5.78 Å². The molecular formula is C14H16O5. The Bertz CT molecular complexity index is 495. The van der Waals surface area contributed by atoms with Crippen LogP contribution in [0.15, 0.2) is 18.2 Å². The Morgan fingerprint density at radius 2 is 2.26 bits per heavy atom. The topological polar surface area (TPSA) is 61.8 Å². The third-order valence-electron chi connectivity index (χ3n) is 2.98. The molecule has 0 unspecified atom stereocenters. The summed E-state index contributed by atoms with van der Waals surface area (Å²) in [5, 5.41) is 0. The van der Waals surface area contributed by atoms with Crippen molar-refractivity contribution >= 4 is 11.8 Å². The highest BCUT2D eigenvalue weighted by Gasteiger charge is 2.31. The van der Waals surface area contributed by atoms with Crippen LogP contribution in [0.25, 0.3) is 0 Å². The molecule has 2 rings (SSSR count). The van der Waals surface area contributed by atoms with Crippen molar-refractivity contribution in [2.45, 2.75) is 13.3 Å². The van der Waals surface area contributed by atoms with Gasteiger partial charge in [-0.25, -0.2) is 0 Å². The maximum atomic E-state index is 12.2. The summed E-state index contributed by atoms with van der Waals surface area (Å²) in [6.07, 6.45) is 0.0537. The minimum atomic E-state index is -0.472. The van der Waals surface area contributed by atoms with E-state index in [4.69, 9.17) is 14.2 Å². The number of carbonyl (C=O) groups is 2. The second kappa shape index (κ2) is 5.73. The lowest BCUT2D eigenvalue weighted by Crippen LogP contribution is -2.30. The Morgan fingerprint density at radius 3 is 2.95 bits per heavy atom. The van der Waals surface area contributed by atoms with Crippen LogP contribution >= 0.6 is 0 Å². The molecule has 0 spiro atoms. The van der Waals surface area contributed by atoms with Crippen LogP contribution < -0.4 is 9.47 Å².